The van der Waals surface area contributed by atoms with E-state index >= 15 is 0 Å². The molecule has 1 aromatic carbocycles. The van der Waals surface area contributed by atoms with Gasteiger partial charge in [0.2, 0.25) is 0 Å². The molecule has 1 saturated heterocycles. The molecule has 134 valence electrons. The Kier molecular flexibility index (Phi) is 4.89. The molecule has 1 aromatic heterocycles. The predicted octanol–water partition coefficient (Wildman–Crippen LogP) is 1.05. The molecule has 0 bridgehead atoms. The number of hydrogen-bond acceptors (Lipinski definition) is 6. The normalized spacial score (nSPS) is 14.9. The molecule has 0 radical (unpaired) electrons. The molecule has 0 atom stereocenters. The molecule has 1 aliphatic rings. The molecule has 1 amide bonds. The molecule has 0 spiro atoms. The number of rotatable bonds is 6. The van der Waals surface area contributed by atoms with Gasteiger partial charge in [-0.1, -0.05) is 17.3 Å². The van der Waals surface area contributed by atoms with Gasteiger partial charge in [-0.15, -0.1) is 5.10 Å². The zero-order valence-electron chi connectivity index (χ0n) is 15.0. The highest BCUT2D eigenvalue weighted by atomic mass is 16.5. The third-order valence-electron chi connectivity index (χ3n) is 4.33. The van der Waals surface area contributed by atoms with Crippen LogP contribution in [-0.4, -0.2) is 72.1 Å². The van der Waals surface area contributed by atoms with E-state index in [1.54, 1.807) is 39.2 Å². The average molecular weight is 345 g/mol. The quantitative estimate of drug-likeness (QED) is 0.779. The maximum Gasteiger partial charge on any atom is 0.275 e. The van der Waals surface area contributed by atoms with Crippen LogP contribution >= 0.6 is 0 Å². The predicted molar refractivity (Wildman–Crippen MR) is 91.9 cm³/mol. The Hall–Kier alpha value is -2.61. The molecule has 8 nitrogen and oxygen atoms in total. The van der Waals surface area contributed by atoms with Gasteiger partial charge in [0.1, 0.15) is 0 Å². The lowest BCUT2D eigenvalue weighted by atomic mass is 10.1. The first-order chi connectivity index (χ1) is 12.0. The van der Waals surface area contributed by atoms with Crippen molar-refractivity contribution in [2.24, 2.45) is 0 Å². The number of nitrogens with zero attached hydrogens (tertiary/aromatic N) is 5. The van der Waals surface area contributed by atoms with Gasteiger partial charge in [-0.2, -0.15) is 0 Å². The fraction of sp³-hybridized carbons (Fsp3) is 0.471. The maximum atomic E-state index is 11.9. The highest BCUT2D eigenvalue weighted by Gasteiger charge is 2.30. The first-order valence-electron chi connectivity index (χ1n) is 8.09. The van der Waals surface area contributed by atoms with Crippen molar-refractivity contribution in [2.75, 3.05) is 41.4 Å². The Labute approximate surface area is 146 Å². The number of methoxy groups -OCH3 is 2. The van der Waals surface area contributed by atoms with Crippen LogP contribution in [0.5, 0.6) is 11.5 Å². The van der Waals surface area contributed by atoms with E-state index in [2.05, 4.69) is 15.2 Å². The molecule has 2 heterocycles. The highest BCUT2D eigenvalue weighted by Crippen LogP contribution is 2.33. The lowest BCUT2D eigenvalue weighted by Gasteiger charge is -2.39. The Morgan fingerprint density at radius 1 is 1.28 bits per heavy atom. The summed E-state index contributed by atoms with van der Waals surface area (Å²) in [6, 6.07) is 6.12. The van der Waals surface area contributed by atoms with Gasteiger partial charge in [0.25, 0.3) is 5.91 Å². The molecule has 3 rings (SSSR count). The Morgan fingerprint density at radius 2 is 2.04 bits per heavy atom. The molecule has 1 aliphatic heterocycles. The molecular weight excluding hydrogens is 322 g/mol. The third-order valence-corrected chi connectivity index (χ3v) is 4.33. The number of carbonyl (C=O) groups excluding carboxylic acids is 1. The molecule has 2 aromatic rings. The van der Waals surface area contributed by atoms with Crippen LogP contribution in [0.2, 0.25) is 0 Å². The van der Waals surface area contributed by atoms with Crippen LogP contribution in [0.4, 0.5) is 0 Å². The van der Waals surface area contributed by atoms with Gasteiger partial charge in [0.05, 0.1) is 26.5 Å². The molecule has 0 saturated carbocycles. The summed E-state index contributed by atoms with van der Waals surface area (Å²) < 4.78 is 12.6. The number of amides is 1. The first kappa shape index (κ1) is 17.2. The fourth-order valence-electron chi connectivity index (χ4n) is 2.94. The van der Waals surface area contributed by atoms with Crippen molar-refractivity contribution in [3.63, 3.8) is 0 Å². The number of benzene rings is 1. The van der Waals surface area contributed by atoms with Crippen LogP contribution in [0.25, 0.3) is 0 Å². The number of aromatic nitrogens is 3. The van der Waals surface area contributed by atoms with Gasteiger partial charge in [-0.3, -0.25) is 9.69 Å². The van der Waals surface area contributed by atoms with Crippen LogP contribution in [0.3, 0.4) is 0 Å². The minimum absolute atomic E-state index is 0.136. The van der Waals surface area contributed by atoms with E-state index in [0.717, 1.165) is 36.7 Å². The second kappa shape index (κ2) is 7.10. The maximum absolute atomic E-state index is 11.9. The fourth-order valence-corrected chi connectivity index (χ4v) is 2.94. The zero-order chi connectivity index (χ0) is 18.0. The van der Waals surface area contributed by atoms with E-state index in [1.165, 1.54) is 4.90 Å². The van der Waals surface area contributed by atoms with Crippen molar-refractivity contribution in [2.45, 2.75) is 12.6 Å². The first-order valence-corrected chi connectivity index (χ1v) is 8.09. The van der Waals surface area contributed by atoms with Crippen LogP contribution in [0.15, 0.2) is 24.4 Å². The molecule has 8 heteroatoms. The van der Waals surface area contributed by atoms with Gasteiger partial charge in [-0.05, 0) is 6.07 Å². The summed E-state index contributed by atoms with van der Waals surface area (Å²) in [5.74, 6) is 1.37. The standard InChI is InChI=1S/C17H23N5O3/c1-20(2)17(23)14-11-22(19-18-14)13-9-21(10-13)8-12-6-5-7-15(24-3)16(12)25-4/h5-7,11,13H,8-10H2,1-4H3. The summed E-state index contributed by atoms with van der Waals surface area (Å²) in [6.45, 7) is 2.47. The summed E-state index contributed by atoms with van der Waals surface area (Å²) >= 11 is 0. The third kappa shape index (κ3) is 3.43. The number of likely N-dealkylation sites (tertiary alicyclic amines) is 1. The second-order valence-electron chi connectivity index (χ2n) is 6.28. The zero-order valence-corrected chi connectivity index (χ0v) is 15.0. The largest absolute Gasteiger partial charge is 0.493 e. The number of para-hydroxylation sites is 1. The van der Waals surface area contributed by atoms with Crippen molar-refractivity contribution >= 4 is 5.91 Å². The number of hydrogen-bond donors (Lipinski definition) is 0. The van der Waals surface area contributed by atoms with Crippen molar-refractivity contribution in [3.05, 3.63) is 35.7 Å². The van der Waals surface area contributed by atoms with Crippen LogP contribution < -0.4 is 9.47 Å². The van der Waals surface area contributed by atoms with Gasteiger partial charge >= 0.3 is 0 Å². The Balaban J connectivity index is 1.61. The SMILES string of the molecule is COc1cccc(CN2CC(n3cc(C(=O)N(C)C)nn3)C2)c1OC. The Morgan fingerprint density at radius 3 is 2.68 bits per heavy atom. The smallest absolute Gasteiger partial charge is 0.275 e. The van der Waals surface area contributed by atoms with Crippen LogP contribution in [0, 0.1) is 0 Å². The monoisotopic (exact) mass is 345 g/mol. The van der Waals surface area contributed by atoms with Crippen LogP contribution in [0.1, 0.15) is 22.1 Å². The summed E-state index contributed by atoms with van der Waals surface area (Å²) in [5.41, 5.74) is 1.46. The van der Waals surface area contributed by atoms with Gasteiger partial charge in [-0.25, -0.2) is 4.68 Å². The van der Waals surface area contributed by atoms with Crippen LogP contribution in [-0.2, 0) is 6.54 Å². The Bertz CT molecular complexity index is 752. The van der Waals surface area contributed by atoms with E-state index in [1.807, 2.05) is 18.2 Å². The summed E-state index contributed by atoms with van der Waals surface area (Å²) in [6.07, 6.45) is 1.72. The minimum Gasteiger partial charge on any atom is -0.493 e. The minimum atomic E-state index is -0.136. The number of carbonyl (C=O) groups is 1. The van der Waals surface area contributed by atoms with E-state index in [4.69, 9.17) is 9.47 Å². The van der Waals surface area contributed by atoms with Crippen molar-refractivity contribution in [1.29, 1.82) is 0 Å². The van der Waals surface area contributed by atoms with Gasteiger partial charge in [0, 0.05) is 39.3 Å². The molecule has 1 fully saturated rings. The second-order valence-corrected chi connectivity index (χ2v) is 6.28. The molecule has 0 unspecified atom stereocenters. The van der Waals surface area contributed by atoms with E-state index < -0.39 is 0 Å². The van der Waals surface area contributed by atoms with E-state index in [-0.39, 0.29) is 11.9 Å². The average Bonchev–Trinajstić information content (AvgIpc) is 3.05. The highest BCUT2D eigenvalue weighted by molar-refractivity contribution is 5.91. The van der Waals surface area contributed by atoms with Crippen molar-refractivity contribution < 1.29 is 14.3 Å². The van der Waals surface area contributed by atoms with Crippen molar-refractivity contribution in [3.8, 4) is 11.5 Å². The topological polar surface area (TPSA) is 72.7 Å². The summed E-state index contributed by atoms with van der Waals surface area (Å²) in [4.78, 5) is 15.7. The van der Waals surface area contributed by atoms with Crippen molar-refractivity contribution in [1.82, 2.24) is 24.8 Å². The molecule has 0 N–H and O–H groups in total. The summed E-state index contributed by atoms with van der Waals surface area (Å²) in [5, 5.41) is 8.06. The molecular formula is C17H23N5O3. The lowest BCUT2D eigenvalue weighted by molar-refractivity contribution is 0.0820. The van der Waals surface area contributed by atoms with Gasteiger partial charge in [0.15, 0.2) is 17.2 Å². The summed E-state index contributed by atoms with van der Waals surface area (Å²) in [7, 11) is 6.69. The van der Waals surface area contributed by atoms with Gasteiger partial charge < -0.3 is 14.4 Å². The van der Waals surface area contributed by atoms with E-state index in [9.17, 15) is 4.79 Å². The lowest BCUT2D eigenvalue weighted by Crippen LogP contribution is -2.47. The molecule has 25 heavy (non-hydrogen) atoms. The molecule has 0 aliphatic carbocycles. The number of ether oxygens (including phenoxy) is 2. The van der Waals surface area contributed by atoms with E-state index in [0.29, 0.717) is 5.69 Å².